The molecule has 1 amide bonds. The highest BCUT2D eigenvalue weighted by Gasteiger charge is 2.29. The fourth-order valence-corrected chi connectivity index (χ4v) is 3.67. The van der Waals surface area contributed by atoms with E-state index in [1.165, 1.54) is 17.0 Å². The van der Waals surface area contributed by atoms with E-state index in [1.54, 1.807) is 36.4 Å². The van der Waals surface area contributed by atoms with Gasteiger partial charge >= 0.3 is 0 Å². The molecule has 0 radical (unpaired) electrons. The summed E-state index contributed by atoms with van der Waals surface area (Å²) >= 11 is 6.02. The summed E-state index contributed by atoms with van der Waals surface area (Å²) in [5.41, 5.74) is 1.96. The van der Waals surface area contributed by atoms with E-state index in [4.69, 9.17) is 16.0 Å². The number of hydrogen-bond donors (Lipinski definition) is 1. The average Bonchev–Trinajstić information content (AvgIpc) is 3.33. The zero-order chi connectivity index (χ0) is 20.5. The smallest absolute Gasteiger partial charge is 0.289 e. The number of furan rings is 1. The minimum atomic E-state index is -0.554. The number of amides is 1. The Bertz CT molecular complexity index is 1120. The normalized spacial score (nSPS) is 16.1. The second-order valence-corrected chi connectivity index (χ2v) is 7.33. The van der Waals surface area contributed by atoms with Crippen molar-refractivity contribution in [1.29, 1.82) is 5.26 Å². The fourth-order valence-electron chi connectivity index (χ4n) is 3.45. The Morgan fingerprint density at radius 1 is 1.24 bits per heavy atom. The van der Waals surface area contributed by atoms with E-state index >= 15 is 0 Å². The quantitative estimate of drug-likeness (QED) is 0.690. The number of nitriles is 1. The van der Waals surface area contributed by atoms with E-state index in [9.17, 15) is 19.6 Å². The van der Waals surface area contributed by atoms with Crippen LogP contribution in [-0.4, -0.2) is 35.1 Å². The number of rotatable bonds is 3. The number of aliphatic hydroxyl groups is 1. The van der Waals surface area contributed by atoms with Crippen LogP contribution in [0.15, 0.2) is 52.9 Å². The molecule has 1 atom stereocenters. The van der Waals surface area contributed by atoms with Gasteiger partial charge in [-0.1, -0.05) is 23.7 Å². The average molecular weight is 411 g/mol. The maximum atomic E-state index is 14.0. The third-order valence-electron chi connectivity index (χ3n) is 4.82. The molecular weight excluding hydrogens is 395 g/mol. The molecule has 0 bridgehead atoms. The first-order valence-corrected chi connectivity index (χ1v) is 9.40. The van der Waals surface area contributed by atoms with Crippen molar-refractivity contribution in [2.24, 2.45) is 0 Å². The lowest BCUT2D eigenvalue weighted by Crippen LogP contribution is -2.29. The summed E-state index contributed by atoms with van der Waals surface area (Å²) < 4.78 is 19.9. The van der Waals surface area contributed by atoms with Gasteiger partial charge in [0.25, 0.3) is 5.91 Å². The van der Waals surface area contributed by atoms with Gasteiger partial charge in [0.2, 0.25) is 0 Å². The monoisotopic (exact) mass is 410 g/mol. The maximum absolute atomic E-state index is 14.0. The predicted molar refractivity (Wildman–Crippen MR) is 106 cm³/mol. The Labute approximate surface area is 171 Å². The number of hydrogen-bond acceptors (Lipinski definition) is 4. The SMILES string of the molecule is N#Cc1cccc(-c2oc(C(=O)N3CCC(O)C3)cc2-c2cc(F)cc(Cl)c2)c1. The van der Waals surface area contributed by atoms with Gasteiger partial charge in [0.1, 0.15) is 11.6 Å². The Balaban J connectivity index is 1.84. The highest BCUT2D eigenvalue weighted by molar-refractivity contribution is 6.30. The molecule has 0 saturated carbocycles. The Morgan fingerprint density at radius 2 is 2.07 bits per heavy atom. The van der Waals surface area contributed by atoms with Crippen LogP contribution in [0.5, 0.6) is 0 Å². The predicted octanol–water partition coefficient (Wildman–Crippen LogP) is 4.48. The number of nitrogens with zero attached hydrogens (tertiary/aromatic N) is 2. The fraction of sp³-hybridized carbons (Fsp3) is 0.182. The van der Waals surface area contributed by atoms with Gasteiger partial charge in [0, 0.05) is 29.2 Å². The van der Waals surface area contributed by atoms with Gasteiger partial charge < -0.3 is 14.4 Å². The first kappa shape index (κ1) is 19.2. The van der Waals surface area contributed by atoms with Crippen LogP contribution in [0.3, 0.4) is 0 Å². The molecule has 29 heavy (non-hydrogen) atoms. The molecular formula is C22H16ClFN2O3. The van der Waals surface area contributed by atoms with Gasteiger partial charge in [-0.2, -0.15) is 5.26 Å². The topological polar surface area (TPSA) is 77.5 Å². The van der Waals surface area contributed by atoms with E-state index in [2.05, 4.69) is 6.07 Å². The van der Waals surface area contributed by atoms with Crippen LogP contribution in [-0.2, 0) is 0 Å². The lowest BCUT2D eigenvalue weighted by Gasteiger charge is -2.13. The van der Waals surface area contributed by atoms with Gasteiger partial charge in [-0.3, -0.25) is 4.79 Å². The molecule has 3 aromatic rings. The number of aliphatic hydroxyl groups excluding tert-OH is 1. The van der Waals surface area contributed by atoms with Crippen molar-refractivity contribution in [2.45, 2.75) is 12.5 Å². The van der Waals surface area contributed by atoms with Gasteiger partial charge in [0.15, 0.2) is 5.76 Å². The van der Waals surface area contributed by atoms with Crippen molar-refractivity contribution < 1.29 is 18.7 Å². The van der Waals surface area contributed by atoms with Crippen molar-refractivity contribution in [3.05, 3.63) is 70.7 Å². The van der Waals surface area contributed by atoms with Crippen LogP contribution < -0.4 is 0 Å². The minimum absolute atomic E-state index is 0.0758. The summed E-state index contributed by atoms with van der Waals surface area (Å²) in [4.78, 5) is 14.4. The Kier molecular flexibility index (Phi) is 5.10. The van der Waals surface area contributed by atoms with E-state index in [-0.39, 0.29) is 23.2 Å². The molecule has 1 aliphatic rings. The van der Waals surface area contributed by atoms with Gasteiger partial charge in [-0.15, -0.1) is 0 Å². The van der Waals surface area contributed by atoms with Crippen LogP contribution in [0, 0.1) is 17.1 Å². The highest BCUT2D eigenvalue weighted by atomic mass is 35.5. The van der Waals surface area contributed by atoms with Crippen LogP contribution in [0.2, 0.25) is 5.02 Å². The molecule has 146 valence electrons. The summed E-state index contributed by atoms with van der Waals surface area (Å²) in [6.07, 6.45) is -0.0437. The van der Waals surface area contributed by atoms with E-state index in [1.807, 2.05) is 0 Å². The van der Waals surface area contributed by atoms with Crippen molar-refractivity contribution in [3.8, 4) is 28.5 Å². The summed E-state index contributed by atoms with van der Waals surface area (Å²) in [5, 5.41) is 19.1. The molecule has 1 N–H and O–H groups in total. The molecule has 1 fully saturated rings. The number of likely N-dealkylation sites (tertiary alicyclic amines) is 1. The second-order valence-electron chi connectivity index (χ2n) is 6.90. The van der Waals surface area contributed by atoms with Gasteiger partial charge in [-0.25, -0.2) is 4.39 Å². The van der Waals surface area contributed by atoms with Gasteiger partial charge in [-0.05, 0) is 48.4 Å². The largest absolute Gasteiger partial charge is 0.450 e. The summed E-state index contributed by atoms with van der Waals surface area (Å²) in [6.45, 7) is 0.668. The molecule has 2 aromatic carbocycles. The molecule has 1 unspecified atom stereocenters. The van der Waals surface area contributed by atoms with Crippen molar-refractivity contribution in [3.63, 3.8) is 0 Å². The summed E-state index contributed by atoms with van der Waals surface area (Å²) in [5.74, 6) is -0.451. The van der Waals surface area contributed by atoms with Crippen molar-refractivity contribution in [1.82, 2.24) is 4.90 Å². The van der Waals surface area contributed by atoms with Crippen molar-refractivity contribution >= 4 is 17.5 Å². The standard InChI is InChI=1S/C22H16ClFN2O3/c23-16-7-15(8-17(24)9-16)19-10-20(22(28)26-5-4-18(27)12-26)29-21(19)14-3-1-2-13(6-14)11-25/h1-3,6-10,18,27H,4-5,12H2. The first-order chi connectivity index (χ1) is 13.9. The van der Waals surface area contributed by atoms with E-state index < -0.39 is 11.9 Å². The van der Waals surface area contributed by atoms with Crippen LogP contribution in [0.25, 0.3) is 22.5 Å². The van der Waals surface area contributed by atoms with Crippen molar-refractivity contribution in [2.75, 3.05) is 13.1 Å². The molecule has 0 spiro atoms. The minimum Gasteiger partial charge on any atom is -0.450 e. The zero-order valence-electron chi connectivity index (χ0n) is 15.2. The van der Waals surface area contributed by atoms with E-state index in [0.717, 1.165) is 0 Å². The first-order valence-electron chi connectivity index (χ1n) is 9.03. The Hall–Kier alpha value is -3.14. The number of halogens is 2. The number of carbonyl (C=O) groups excluding carboxylic acids is 1. The molecule has 0 aliphatic carbocycles. The highest BCUT2D eigenvalue weighted by Crippen LogP contribution is 2.37. The van der Waals surface area contributed by atoms with E-state index in [0.29, 0.717) is 41.0 Å². The zero-order valence-corrected chi connectivity index (χ0v) is 16.0. The van der Waals surface area contributed by atoms with Crippen LogP contribution in [0.1, 0.15) is 22.5 Å². The molecule has 4 rings (SSSR count). The summed E-state index contributed by atoms with van der Waals surface area (Å²) in [7, 11) is 0. The molecule has 1 aliphatic heterocycles. The molecule has 1 saturated heterocycles. The molecule has 2 heterocycles. The van der Waals surface area contributed by atoms with Crippen LogP contribution in [0.4, 0.5) is 4.39 Å². The molecule has 1 aromatic heterocycles. The maximum Gasteiger partial charge on any atom is 0.289 e. The third kappa shape index (κ3) is 3.88. The third-order valence-corrected chi connectivity index (χ3v) is 5.04. The number of carbonyl (C=O) groups is 1. The molecule has 5 nitrogen and oxygen atoms in total. The molecule has 7 heteroatoms. The lowest BCUT2D eigenvalue weighted by molar-refractivity contribution is 0.0734. The van der Waals surface area contributed by atoms with Gasteiger partial charge in [0.05, 0.1) is 17.7 Å². The lowest BCUT2D eigenvalue weighted by atomic mass is 10.0. The van der Waals surface area contributed by atoms with Crippen LogP contribution >= 0.6 is 11.6 Å². The summed E-state index contributed by atoms with van der Waals surface area (Å²) in [6, 6.07) is 14.4. The number of benzene rings is 2. The number of β-amino-alcohol motifs (C(OH)–C–C–N with tert-alkyl or cyclic N) is 1. The Morgan fingerprint density at radius 3 is 2.76 bits per heavy atom. The second kappa shape index (κ2) is 7.70.